The molecule has 1 aromatic heterocycles. The van der Waals surface area contributed by atoms with E-state index >= 15 is 0 Å². The Morgan fingerprint density at radius 3 is 3.36 bits per heavy atom. The smallest absolute Gasteiger partial charge is 0.179 e. The summed E-state index contributed by atoms with van der Waals surface area (Å²) in [5.41, 5.74) is 0.859. The Morgan fingerprint density at radius 1 is 1.55 bits per heavy atom. The van der Waals surface area contributed by atoms with Crippen LogP contribution in [0.3, 0.4) is 0 Å². The van der Waals surface area contributed by atoms with Gasteiger partial charge in [0, 0.05) is 0 Å². The zero-order valence-corrected chi connectivity index (χ0v) is 6.15. The maximum Gasteiger partial charge on any atom is 0.179 e. The van der Waals surface area contributed by atoms with E-state index in [2.05, 4.69) is 20.2 Å². The van der Waals surface area contributed by atoms with E-state index in [4.69, 9.17) is 0 Å². The molecule has 1 aromatic rings. The number of nitrogens with zero attached hydrogens (tertiary/aromatic N) is 3. The van der Waals surface area contributed by atoms with Gasteiger partial charge in [-0.05, 0) is 13.0 Å². The molecule has 0 radical (unpaired) electrons. The van der Waals surface area contributed by atoms with Crippen LogP contribution in [0, 0.1) is 0 Å². The zero-order valence-electron chi connectivity index (χ0n) is 6.15. The molecule has 0 spiro atoms. The van der Waals surface area contributed by atoms with Crippen LogP contribution in [0.1, 0.15) is 12.6 Å². The highest BCUT2D eigenvalue weighted by atomic mass is 15.2. The van der Waals surface area contributed by atoms with Crippen molar-refractivity contribution in [3.63, 3.8) is 0 Å². The van der Waals surface area contributed by atoms with Gasteiger partial charge in [-0.1, -0.05) is 6.08 Å². The van der Waals surface area contributed by atoms with Gasteiger partial charge in [0.1, 0.15) is 5.69 Å². The molecule has 0 saturated carbocycles. The number of azo groups is 1. The molecule has 1 aliphatic rings. The molecule has 0 amide bonds. The molecule has 2 heterocycles. The summed E-state index contributed by atoms with van der Waals surface area (Å²) in [6.45, 7) is 1.98. The van der Waals surface area contributed by atoms with E-state index in [-0.39, 0.29) is 6.04 Å². The first kappa shape index (κ1) is 6.27. The summed E-state index contributed by atoms with van der Waals surface area (Å²) in [4.78, 5) is 6.95. The average Bonchev–Trinajstić information content (AvgIpc) is 2.38. The number of imidazole rings is 1. The molecule has 0 bridgehead atoms. The highest BCUT2D eigenvalue weighted by molar-refractivity contribution is 5.57. The van der Waals surface area contributed by atoms with Crippen molar-refractivity contribution in [1.29, 1.82) is 0 Å². The fraction of sp³-hybridized carbons (Fsp3) is 0.286. The molecular weight excluding hydrogens is 140 g/mol. The molecule has 0 saturated heterocycles. The molecule has 4 heteroatoms. The minimum absolute atomic E-state index is 0.151. The van der Waals surface area contributed by atoms with E-state index in [1.165, 1.54) is 0 Å². The minimum atomic E-state index is 0.151. The number of nitrogens with one attached hydrogen (secondary N) is 1. The molecule has 0 fully saturated rings. The monoisotopic (exact) mass is 148 g/mol. The predicted molar refractivity (Wildman–Crippen MR) is 41.6 cm³/mol. The van der Waals surface area contributed by atoms with Crippen LogP contribution in [0.5, 0.6) is 0 Å². The van der Waals surface area contributed by atoms with Crippen molar-refractivity contribution in [1.82, 2.24) is 9.97 Å². The summed E-state index contributed by atoms with van der Waals surface area (Å²) >= 11 is 0. The number of aromatic nitrogens is 2. The number of hydrogen-bond donors (Lipinski definition) is 1. The van der Waals surface area contributed by atoms with Crippen molar-refractivity contribution in [2.45, 2.75) is 13.0 Å². The molecule has 0 aromatic carbocycles. The van der Waals surface area contributed by atoms with E-state index in [1.807, 2.05) is 19.1 Å². The summed E-state index contributed by atoms with van der Waals surface area (Å²) in [5.74, 6) is 0.741. The van der Waals surface area contributed by atoms with Gasteiger partial charge >= 0.3 is 0 Å². The van der Waals surface area contributed by atoms with Crippen molar-refractivity contribution >= 4 is 11.9 Å². The Bertz CT molecular complexity index is 281. The SMILES string of the molecule is CC1C=Cc2nc[nH]c2N=N1. The third-order valence-electron chi connectivity index (χ3n) is 1.52. The van der Waals surface area contributed by atoms with E-state index < -0.39 is 0 Å². The Balaban J connectivity index is 2.48. The van der Waals surface area contributed by atoms with E-state index in [0.717, 1.165) is 11.5 Å². The lowest BCUT2D eigenvalue weighted by atomic mass is 10.3. The Morgan fingerprint density at radius 2 is 2.45 bits per heavy atom. The van der Waals surface area contributed by atoms with Crippen LogP contribution in [0.4, 0.5) is 5.82 Å². The third kappa shape index (κ3) is 1.07. The van der Waals surface area contributed by atoms with Gasteiger partial charge in [-0.15, -0.1) is 5.11 Å². The summed E-state index contributed by atoms with van der Waals surface area (Å²) in [6, 6.07) is 0.151. The Hall–Kier alpha value is -1.45. The fourth-order valence-corrected chi connectivity index (χ4v) is 0.918. The lowest BCUT2D eigenvalue weighted by Crippen LogP contribution is -1.86. The van der Waals surface area contributed by atoms with Crippen molar-refractivity contribution in [2.24, 2.45) is 10.2 Å². The molecule has 1 unspecified atom stereocenters. The molecule has 1 atom stereocenters. The molecule has 1 N–H and O–H groups in total. The van der Waals surface area contributed by atoms with E-state index in [0.29, 0.717) is 0 Å². The average molecular weight is 148 g/mol. The highest BCUT2D eigenvalue weighted by Crippen LogP contribution is 2.19. The minimum Gasteiger partial charge on any atom is -0.328 e. The second-order valence-electron chi connectivity index (χ2n) is 2.45. The quantitative estimate of drug-likeness (QED) is 0.600. The van der Waals surface area contributed by atoms with Crippen LogP contribution in [0.25, 0.3) is 6.08 Å². The molecule has 11 heavy (non-hydrogen) atoms. The first-order chi connectivity index (χ1) is 5.36. The summed E-state index contributed by atoms with van der Waals surface area (Å²) < 4.78 is 0. The maximum absolute atomic E-state index is 4.06. The van der Waals surface area contributed by atoms with E-state index in [1.54, 1.807) is 6.33 Å². The fourth-order valence-electron chi connectivity index (χ4n) is 0.918. The first-order valence-corrected chi connectivity index (χ1v) is 3.48. The van der Waals surface area contributed by atoms with Crippen LogP contribution in [0.2, 0.25) is 0 Å². The Labute approximate surface area is 64.1 Å². The molecular formula is C7H8N4. The van der Waals surface area contributed by atoms with Crippen molar-refractivity contribution in [2.75, 3.05) is 0 Å². The standard InChI is InChI=1S/C7H8N4/c1-5-2-3-6-7(11-10-5)9-4-8-6/h2-5H,1H3,(H,8,9). The van der Waals surface area contributed by atoms with Gasteiger partial charge in [0.25, 0.3) is 0 Å². The summed E-state index contributed by atoms with van der Waals surface area (Å²) in [5, 5.41) is 7.98. The summed E-state index contributed by atoms with van der Waals surface area (Å²) in [6.07, 6.45) is 5.51. The van der Waals surface area contributed by atoms with Crippen LogP contribution >= 0.6 is 0 Å². The van der Waals surface area contributed by atoms with Gasteiger partial charge < -0.3 is 4.98 Å². The molecule has 56 valence electrons. The Kier molecular flexibility index (Phi) is 1.31. The largest absolute Gasteiger partial charge is 0.328 e. The zero-order chi connectivity index (χ0) is 7.68. The normalized spacial score (nSPS) is 21.4. The second-order valence-corrected chi connectivity index (χ2v) is 2.45. The number of fused-ring (bicyclic) bond motifs is 1. The van der Waals surface area contributed by atoms with Crippen molar-refractivity contribution in [3.05, 3.63) is 18.1 Å². The van der Waals surface area contributed by atoms with Gasteiger partial charge in [-0.3, -0.25) is 0 Å². The highest BCUT2D eigenvalue weighted by Gasteiger charge is 2.05. The van der Waals surface area contributed by atoms with E-state index in [9.17, 15) is 0 Å². The second kappa shape index (κ2) is 2.30. The van der Waals surface area contributed by atoms with Crippen molar-refractivity contribution in [3.8, 4) is 0 Å². The van der Waals surface area contributed by atoms with Gasteiger partial charge in [0.15, 0.2) is 5.82 Å². The van der Waals surface area contributed by atoms with Crippen LogP contribution < -0.4 is 0 Å². The van der Waals surface area contributed by atoms with Gasteiger partial charge in [-0.25, -0.2) is 4.98 Å². The first-order valence-electron chi connectivity index (χ1n) is 3.48. The molecule has 4 nitrogen and oxygen atoms in total. The molecule has 2 rings (SSSR count). The topological polar surface area (TPSA) is 53.4 Å². The molecule has 0 aliphatic carbocycles. The summed E-state index contributed by atoms with van der Waals surface area (Å²) in [7, 11) is 0. The van der Waals surface area contributed by atoms with Crippen LogP contribution in [0.15, 0.2) is 22.6 Å². The van der Waals surface area contributed by atoms with Crippen LogP contribution in [-0.2, 0) is 0 Å². The predicted octanol–water partition coefficient (Wildman–Crippen LogP) is 1.91. The van der Waals surface area contributed by atoms with Gasteiger partial charge in [0.2, 0.25) is 0 Å². The van der Waals surface area contributed by atoms with Crippen LogP contribution in [-0.4, -0.2) is 16.0 Å². The number of hydrogen-bond acceptors (Lipinski definition) is 3. The van der Waals surface area contributed by atoms with Gasteiger partial charge in [-0.2, -0.15) is 5.11 Å². The maximum atomic E-state index is 4.06. The number of H-pyrrole nitrogens is 1. The number of aromatic amines is 1. The lowest BCUT2D eigenvalue weighted by molar-refractivity contribution is 0.856. The number of rotatable bonds is 0. The lowest BCUT2D eigenvalue weighted by Gasteiger charge is -1.89. The third-order valence-corrected chi connectivity index (χ3v) is 1.52. The van der Waals surface area contributed by atoms with Crippen molar-refractivity contribution < 1.29 is 0 Å². The van der Waals surface area contributed by atoms with Gasteiger partial charge in [0.05, 0.1) is 12.4 Å². The molecule has 1 aliphatic heterocycles.